The van der Waals surface area contributed by atoms with Crippen LogP contribution in [0.5, 0.6) is 0 Å². The summed E-state index contributed by atoms with van der Waals surface area (Å²) in [6, 6.07) is 0.303. The highest BCUT2D eigenvalue weighted by molar-refractivity contribution is 7.89. The minimum Gasteiger partial charge on any atom is -0.462 e. The third-order valence-corrected chi connectivity index (χ3v) is 7.21. The van der Waals surface area contributed by atoms with Crippen molar-refractivity contribution in [3.8, 4) is 0 Å². The van der Waals surface area contributed by atoms with E-state index in [2.05, 4.69) is 10.3 Å². The van der Waals surface area contributed by atoms with Gasteiger partial charge in [-0.05, 0) is 46.5 Å². The Labute approximate surface area is 159 Å². The Morgan fingerprint density at radius 1 is 1.15 bits per heavy atom. The zero-order chi connectivity index (χ0) is 19.8. The highest BCUT2D eigenvalue weighted by Gasteiger charge is 2.38. The maximum Gasteiger partial charge on any atom is 0.341 e. The van der Waals surface area contributed by atoms with Crippen molar-refractivity contribution >= 4 is 21.9 Å². The molecule has 0 unspecified atom stereocenters. The molecule has 8 nitrogen and oxygen atoms in total. The molecular formula is C18H27N3O5S. The molecule has 2 N–H and O–H groups in total. The van der Waals surface area contributed by atoms with Crippen LogP contribution in [0.3, 0.4) is 0 Å². The Kier molecular flexibility index (Phi) is 5.62. The lowest BCUT2D eigenvalue weighted by Gasteiger charge is -2.30. The molecular weight excluding hydrogens is 370 g/mol. The average Bonchev–Trinajstić information content (AvgIpc) is 3.37. The number of nitrogens with zero attached hydrogens (tertiary/aromatic N) is 1. The lowest BCUT2D eigenvalue weighted by atomic mass is 9.97. The molecule has 2 aliphatic rings. The summed E-state index contributed by atoms with van der Waals surface area (Å²) < 4.78 is 32.8. The van der Waals surface area contributed by atoms with E-state index in [1.807, 2.05) is 0 Å². The maximum absolute atomic E-state index is 13.2. The van der Waals surface area contributed by atoms with E-state index < -0.39 is 16.0 Å². The van der Waals surface area contributed by atoms with Crippen LogP contribution in [0.25, 0.3) is 0 Å². The molecule has 1 saturated carbocycles. The third kappa shape index (κ3) is 4.03. The molecule has 1 aliphatic heterocycles. The largest absolute Gasteiger partial charge is 0.462 e. The molecule has 1 aromatic heterocycles. The highest BCUT2D eigenvalue weighted by atomic mass is 32.2. The summed E-state index contributed by atoms with van der Waals surface area (Å²) in [5.41, 5.74) is 0.968. The standard InChI is InChI=1S/C18H27N3O5S/c1-4-26-18(23)15-11(2)19-12(3)16(15)27(24,25)21-9-7-13(8-10-21)17(22)20-14-5-6-14/h13-14,19H,4-10H2,1-3H3,(H,20,22). The van der Waals surface area contributed by atoms with Crippen LogP contribution in [0.15, 0.2) is 4.90 Å². The molecule has 1 aromatic rings. The maximum atomic E-state index is 13.2. The molecule has 9 heteroatoms. The number of carbonyl (C=O) groups excluding carboxylic acids is 2. The number of esters is 1. The van der Waals surface area contributed by atoms with E-state index in [0.717, 1.165) is 12.8 Å². The zero-order valence-electron chi connectivity index (χ0n) is 16.0. The number of piperidine rings is 1. The number of sulfonamides is 1. The highest BCUT2D eigenvalue weighted by Crippen LogP contribution is 2.31. The van der Waals surface area contributed by atoms with Crippen LogP contribution in [0.4, 0.5) is 0 Å². The Hall–Kier alpha value is -1.87. The summed E-state index contributed by atoms with van der Waals surface area (Å²) in [5.74, 6) is -0.775. The number of aryl methyl sites for hydroxylation is 2. The van der Waals surface area contributed by atoms with Crippen LogP contribution in [-0.4, -0.2) is 55.3 Å². The fourth-order valence-electron chi connectivity index (χ4n) is 3.56. The predicted molar refractivity (Wildman–Crippen MR) is 98.9 cm³/mol. The number of carbonyl (C=O) groups is 2. The second-order valence-electron chi connectivity index (χ2n) is 7.26. The van der Waals surface area contributed by atoms with E-state index in [1.54, 1.807) is 20.8 Å². The van der Waals surface area contributed by atoms with Crippen LogP contribution < -0.4 is 5.32 Å². The third-order valence-electron chi connectivity index (χ3n) is 5.14. The number of aromatic amines is 1. The van der Waals surface area contributed by atoms with E-state index in [9.17, 15) is 18.0 Å². The van der Waals surface area contributed by atoms with Crippen molar-refractivity contribution < 1.29 is 22.7 Å². The topological polar surface area (TPSA) is 109 Å². The van der Waals surface area contributed by atoms with Gasteiger partial charge in [0.25, 0.3) is 0 Å². The first kappa shape index (κ1) is 19.9. The van der Waals surface area contributed by atoms with Gasteiger partial charge in [-0.1, -0.05) is 0 Å². The number of ether oxygens (including phenoxy) is 1. The van der Waals surface area contributed by atoms with Gasteiger partial charge in [0.15, 0.2) is 0 Å². The van der Waals surface area contributed by atoms with E-state index in [-0.39, 0.29) is 42.0 Å². The van der Waals surface area contributed by atoms with Gasteiger partial charge in [0.2, 0.25) is 15.9 Å². The summed E-state index contributed by atoms with van der Waals surface area (Å²) in [5, 5.41) is 2.99. The number of H-pyrrole nitrogens is 1. The van der Waals surface area contributed by atoms with E-state index in [1.165, 1.54) is 4.31 Å². The van der Waals surface area contributed by atoms with Gasteiger partial charge in [0.05, 0.1) is 6.61 Å². The molecule has 0 bridgehead atoms. The molecule has 27 heavy (non-hydrogen) atoms. The Morgan fingerprint density at radius 3 is 2.33 bits per heavy atom. The van der Waals surface area contributed by atoms with Gasteiger partial charge in [0, 0.05) is 36.4 Å². The van der Waals surface area contributed by atoms with Crippen molar-refractivity contribution in [2.75, 3.05) is 19.7 Å². The summed E-state index contributed by atoms with van der Waals surface area (Å²) in [6.45, 7) is 5.67. The van der Waals surface area contributed by atoms with Crippen molar-refractivity contribution in [3.05, 3.63) is 17.0 Å². The first-order valence-electron chi connectivity index (χ1n) is 9.42. The average molecular weight is 397 g/mol. The minimum atomic E-state index is -3.86. The lowest BCUT2D eigenvalue weighted by Crippen LogP contribution is -2.43. The van der Waals surface area contributed by atoms with Crippen molar-refractivity contribution in [1.29, 1.82) is 0 Å². The van der Waals surface area contributed by atoms with Crippen LogP contribution in [-0.2, 0) is 19.6 Å². The Morgan fingerprint density at radius 2 is 1.78 bits per heavy atom. The van der Waals surface area contributed by atoms with Crippen LogP contribution in [0.1, 0.15) is 54.4 Å². The van der Waals surface area contributed by atoms with Crippen LogP contribution in [0, 0.1) is 19.8 Å². The summed E-state index contributed by atoms with van der Waals surface area (Å²) in [6.07, 6.45) is 3.02. The summed E-state index contributed by atoms with van der Waals surface area (Å²) >= 11 is 0. The summed E-state index contributed by atoms with van der Waals surface area (Å²) in [7, 11) is -3.86. The second kappa shape index (κ2) is 7.63. The van der Waals surface area contributed by atoms with Crippen molar-refractivity contribution in [3.63, 3.8) is 0 Å². The molecule has 1 aliphatic carbocycles. The number of hydrogen-bond acceptors (Lipinski definition) is 5. The quantitative estimate of drug-likeness (QED) is 0.707. The smallest absolute Gasteiger partial charge is 0.341 e. The van der Waals surface area contributed by atoms with E-state index in [0.29, 0.717) is 30.3 Å². The molecule has 0 aromatic carbocycles. The van der Waals surface area contributed by atoms with Crippen molar-refractivity contribution in [2.45, 2.75) is 57.4 Å². The van der Waals surface area contributed by atoms with Gasteiger partial charge in [-0.25, -0.2) is 13.2 Å². The molecule has 1 saturated heterocycles. The van der Waals surface area contributed by atoms with Crippen LogP contribution >= 0.6 is 0 Å². The van der Waals surface area contributed by atoms with Gasteiger partial charge in [-0.15, -0.1) is 0 Å². The first-order chi connectivity index (χ1) is 12.8. The van der Waals surface area contributed by atoms with Crippen molar-refractivity contribution in [2.24, 2.45) is 5.92 Å². The van der Waals surface area contributed by atoms with Crippen molar-refractivity contribution in [1.82, 2.24) is 14.6 Å². The lowest BCUT2D eigenvalue weighted by molar-refractivity contribution is -0.126. The number of nitrogens with one attached hydrogen (secondary N) is 2. The molecule has 2 heterocycles. The molecule has 0 spiro atoms. The van der Waals surface area contributed by atoms with Gasteiger partial charge >= 0.3 is 5.97 Å². The number of amides is 1. The molecule has 0 atom stereocenters. The monoisotopic (exact) mass is 397 g/mol. The summed E-state index contributed by atoms with van der Waals surface area (Å²) in [4.78, 5) is 27.4. The minimum absolute atomic E-state index is 0.0145. The normalized spacial score (nSPS) is 19.1. The van der Waals surface area contributed by atoms with Gasteiger partial charge in [0.1, 0.15) is 10.5 Å². The van der Waals surface area contributed by atoms with E-state index >= 15 is 0 Å². The number of rotatable bonds is 6. The fourth-order valence-corrected chi connectivity index (χ4v) is 5.45. The van der Waals surface area contributed by atoms with Gasteiger partial charge in [-0.3, -0.25) is 4.79 Å². The molecule has 1 amide bonds. The molecule has 150 valence electrons. The van der Waals surface area contributed by atoms with E-state index in [4.69, 9.17) is 4.74 Å². The Balaban J connectivity index is 1.77. The van der Waals surface area contributed by atoms with Gasteiger partial charge < -0.3 is 15.0 Å². The number of aromatic nitrogens is 1. The SMILES string of the molecule is CCOC(=O)c1c(C)[nH]c(C)c1S(=O)(=O)N1CCC(C(=O)NC2CC2)CC1. The van der Waals surface area contributed by atoms with Gasteiger partial charge in [-0.2, -0.15) is 4.31 Å². The number of hydrogen-bond donors (Lipinski definition) is 2. The second-order valence-corrected chi connectivity index (χ2v) is 9.14. The predicted octanol–water partition coefficient (Wildman–Crippen LogP) is 1.49. The molecule has 0 radical (unpaired) electrons. The molecule has 2 fully saturated rings. The zero-order valence-corrected chi connectivity index (χ0v) is 16.8. The Bertz CT molecular complexity index is 833. The fraction of sp³-hybridized carbons (Fsp3) is 0.667. The van der Waals surface area contributed by atoms with Crippen LogP contribution in [0.2, 0.25) is 0 Å². The first-order valence-corrected chi connectivity index (χ1v) is 10.9. The molecule has 3 rings (SSSR count).